The predicted octanol–water partition coefficient (Wildman–Crippen LogP) is 4.93. The van der Waals surface area contributed by atoms with E-state index in [-0.39, 0.29) is 5.91 Å². The zero-order valence-corrected chi connectivity index (χ0v) is 19.5. The van der Waals surface area contributed by atoms with Gasteiger partial charge in [0.05, 0.1) is 14.2 Å². The summed E-state index contributed by atoms with van der Waals surface area (Å²) in [5.74, 6) is 1.13. The van der Waals surface area contributed by atoms with Crippen LogP contribution in [0.2, 0.25) is 0 Å². The summed E-state index contributed by atoms with van der Waals surface area (Å²) in [7, 11) is 3.10. The summed E-state index contributed by atoms with van der Waals surface area (Å²) >= 11 is 0. The Bertz CT molecular complexity index is 1300. The van der Waals surface area contributed by atoms with E-state index in [2.05, 4.69) is 32.7 Å². The van der Waals surface area contributed by atoms with Gasteiger partial charge < -0.3 is 19.8 Å². The predicted molar refractivity (Wildman–Crippen MR) is 136 cm³/mol. The molecule has 4 aromatic rings. The second-order valence-corrected chi connectivity index (χ2v) is 7.84. The van der Waals surface area contributed by atoms with Gasteiger partial charge in [0.25, 0.3) is 5.91 Å². The number of nitrogens with one attached hydrogen (secondary N) is 3. The number of aromatic amines is 1. The highest BCUT2D eigenvalue weighted by Crippen LogP contribution is 2.23. The van der Waals surface area contributed by atoms with Crippen LogP contribution in [-0.4, -0.2) is 37.6 Å². The molecular weight excluding hydrogens is 428 g/mol. The Kier molecular flexibility index (Phi) is 7.13. The molecule has 0 saturated carbocycles. The Labute approximate surface area is 198 Å². The van der Waals surface area contributed by atoms with Gasteiger partial charge in [0.15, 0.2) is 0 Å². The summed E-state index contributed by atoms with van der Waals surface area (Å²) in [6.45, 7) is 2.50. The smallest absolute Gasteiger partial charge is 0.258 e. The molecule has 7 nitrogen and oxygen atoms in total. The molecular formula is C27H28N4O3. The summed E-state index contributed by atoms with van der Waals surface area (Å²) in [6, 6.07) is 21.1. The highest BCUT2D eigenvalue weighted by Gasteiger charge is 2.13. The molecule has 174 valence electrons. The molecule has 0 aliphatic rings. The number of para-hydroxylation sites is 2. The molecule has 0 unspecified atom stereocenters. The summed E-state index contributed by atoms with van der Waals surface area (Å²) < 4.78 is 10.6. The molecule has 3 N–H and O–H groups in total. The number of benzene rings is 3. The summed E-state index contributed by atoms with van der Waals surface area (Å²) in [5, 5.41) is 7.36. The van der Waals surface area contributed by atoms with Crippen molar-refractivity contribution in [3.8, 4) is 11.5 Å². The van der Waals surface area contributed by atoms with Gasteiger partial charge in [-0.1, -0.05) is 36.4 Å². The number of aromatic nitrogens is 1. The number of hydrogen-bond donors (Lipinski definition) is 3. The minimum atomic E-state index is -0.316. The number of rotatable bonds is 7. The molecule has 4 rings (SSSR count). The lowest BCUT2D eigenvalue weighted by molar-refractivity contribution is 0.0976. The van der Waals surface area contributed by atoms with Gasteiger partial charge in [-0.2, -0.15) is 0 Å². The standard InChI is InChI=1S/C27H28N4O3/c1-18-8-4-6-10-24(18)30-27(28-13-12-19-17-29-25-11-7-5-9-23(19)25)31-26(32)20-14-21(33-2)16-22(15-20)34-3/h4-11,14-17,29H,12-13H2,1-3H3,(H2,28,30,31,32). The minimum absolute atomic E-state index is 0.316. The number of fused-ring (bicyclic) bond motifs is 1. The lowest BCUT2D eigenvalue weighted by Crippen LogP contribution is -2.36. The summed E-state index contributed by atoms with van der Waals surface area (Å²) in [4.78, 5) is 21.1. The van der Waals surface area contributed by atoms with E-state index < -0.39 is 0 Å². The zero-order chi connectivity index (χ0) is 23.9. The molecule has 0 spiro atoms. The second kappa shape index (κ2) is 10.6. The van der Waals surface area contributed by atoms with Crippen LogP contribution in [0, 0.1) is 6.92 Å². The number of amides is 1. The lowest BCUT2D eigenvalue weighted by atomic mass is 10.1. The number of ether oxygens (including phenoxy) is 2. The van der Waals surface area contributed by atoms with E-state index in [1.54, 1.807) is 32.4 Å². The number of carbonyl (C=O) groups excluding carboxylic acids is 1. The first-order valence-electron chi connectivity index (χ1n) is 11.0. The quantitative estimate of drug-likeness (QED) is 0.272. The van der Waals surface area contributed by atoms with Gasteiger partial charge >= 0.3 is 0 Å². The number of aryl methyl sites for hydroxylation is 1. The molecule has 0 fully saturated rings. The van der Waals surface area contributed by atoms with E-state index in [0.29, 0.717) is 29.6 Å². The van der Waals surface area contributed by atoms with Crippen molar-refractivity contribution in [3.05, 3.63) is 89.6 Å². The van der Waals surface area contributed by atoms with Crippen LogP contribution >= 0.6 is 0 Å². The Morgan fingerprint density at radius 2 is 1.68 bits per heavy atom. The second-order valence-electron chi connectivity index (χ2n) is 7.84. The number of nitrogens with zero attached hydrogens (tertiary/aromatic N) is 1. The van der Waals surface area contributed by atoms with Gasteiger partial charge in [-0.25, -0.2) is 0 Å². The zero-order valence-electron chi connectivity index (χ0n) is 19.5. The van der Waals surface area contributed by atoms with E-state index in [4.69, 9.17) is 9.47 Å². The molecule has 0 bridgehead atoms. The molecule has 1 heterocycles. The van der Waals surface area contributed by atoms with Crippen LogP contribution in [0.3, 0.4) is 0 Å². The van der Waals surface area contributed by atoms with Crippen molar-refractivity contribution in [2.75, 3.05) is 26.1 Å². The third-order valence-corrected chi connectivity index (χ3v) is 5.57. The van der Waals surface area contributed by atoms with Crippen molar-refractivity contribution in [1.82, 2.24) is 10.3 Å². The first kappa shape index (κ1) is 22.9. The number of H-pyrrole nitrogens is 1. The molecule has 0 aliphatic heterocycles. The van der Waals surface area contributed by atoms with Crippen LogP contribution in [0.5, 0.6) is 11.5 Å². The average molecular weight is 457 g/mol. The van der Waals surface area contributed by atoms with E-state index in [0.717, 1.165) is 23.2 Å². The fraction of sp³-hybridized carbons (Fsp3) is 0.185. The lowest BCUT2D eigenvalue weighted by Gasteiger charge is -2.14. The third-order valence-electron chi connectivity index (χ3n) is 5.57. The minimum Gasteiger partial charge on any atom is -0.497 e. The number of methoxy groups -OCH3 is 2. The van der Waals surface area contributed by atoms with Crippen molar-refractivity contribution in [2.45, 2.75) is 13.3 Å². The van der Waals surface area contributed by atoms with Crippen LogP contribution in [0.1, 0.15) is 21.5 Å². The van der Waals surface area contributed by atoms with Gasteiger partial charge in [-0.15, -0.1) is 0 Å². The SMILES string of the molecule is COc1cc(OC)cc(C(=O)NC(=NCCc2c[nH]c3ccccc23)Nc2ccccc2C)c1. The van der Waals surface area contributed by atoms with Crippen molar-refractivity contribution >= 4 is 28.5 Å². The van der Waals surface area contributed by atoms with E-state index in [9.17, 15) is 4.79 Å². The molecule has 1 amide bonds. The largest absolute Gasteiger partial charge is 0.497 e. The number of hydrogen-bond acceptors (Lipinski definition) is 4. The average Bonchev–Trinajstić information content (AvgIpc) is 3.28. The summed E-state index contributed by atoms with van der Waals surface area (Å²) in [5.41, 5.74) is 4.60. The van der Waals surface area contributed by atoms with Gasteiger partial charge in [0, 0.05) is 41.0 Å². The first-order chi connectivity index (χ1) is 16.6. The van der Waals surface area contributed by atoms with Crippen LogP contribution in [0.25, 0.3) is 10.9 Å². The molecule has 0 aliphatic carbocycles. The molecule has 1 aromatic heterocycles. The van der Waals surface area contributed by atoms with Gasteiger partial charge in [0.2, 0.25) is 5.96 Å². The van der Waals surface area contributed by atoms with Gasteiger partial charge in [0.1, 0.15) is 11.5 Å². The van der Waals surface area contributed by atoms with Gasteiger partial charge in [-0.05, 0) is 48.7 Å². The fourth-order valence-electron chi connectivity index (χ4n) is 3.70. The number of anilines is 1. The molecule has 0 atom stereocenters. The monoisotopic (exact) mass is 456 g/mol. The van der Waals surface area contributed by atoms with Crippen molar-refractivity contribution < 1.29 is 14.3 Å². The highest BCUT2D eigenvalue weighted by atomic mass is 16.5. The van der Waals surface area contributed by atoms with E-state index in [1.165, 1.54) is 10.9 Å². The number of guanidine groups is 1. The molecule has 7 heteroatoms. The van der Waals surface area contributed by atoms with Crippen LogP contribution in [0.15, 0.2) is 77.9 Å². The molecule has 0 radical (unpaired) electrons. The number of aliphatic imine (C=N–C) groups is 1. The molecule has 3 aromatic carbocycles. The Hall–Kier alpha value is -4.26. The van der Waals surface area contributed by atoms with Gasteiger partial charge in [-0.3, -0.25) is 15.1 Å². The van der Waals surface area contributed by atoms with Crippen molar-refractivity contribution in [3.63, 3.8) is 0 Å². The molecule has 34 heavy (non-hydrogen) atoms. The van der Waals surface area contributed by atoms with Crippen LogP contribution in [-0.2, 0) is 6.42 Å². The van der Waals surface area contributed by atoms with Crippen LogP contribution in [0.4, 0.5) is 5.69 Å². The number of carbonyl (C=O) groups is 1. The van der Waals surface area contributed by atoms with E-state index in [1.807, 2.05) is 49.5 Å². The molecule has 0 saturated heterocycles. The maximum Gasteiger partial charge on any atom is 0.258 e. The third kappa shape index (κ3) is 5.38. The Morgan fingerprint density at radius 1 is 0.971 bits per heavy atom. The topological polar surface area (TPSA) is 87.7 Å². The fourth-order valence-corrected chi connectivity index (χ4v) is 3.70. The van der Waals surface area contributed by atoms with Crippen molar-refractivity contribution in [1.29, 1.82) is 0 Å². The van der Waals surface area contributed by atoms with Crippen LogP contribution < -0.4 is 20.1 Å². The Balaban J connectivity index is 1.56. The van der Waals surface area contributed by atoms with Crippen molar-refractivity contribution in [2.24, 2.45) is 4.99 Å². The normalized spacial score (nSPS) is 11.3. The maximum absolute atomic E-state index is 13.1. The summed E-state index contributed by atoms with van der Waals surface area (Å²) in [6.07, 6.45) is 2.74. The Morgan fingerprint density at radius 3 is 2.41 bits per heavy atom. The van der Waals surface area contributed by atoms with E-state index >= 15 is 0 Å². The highest BCUT2D eigenvalue weighted by molar-refractivity contribution is 6.10. The maximum atomic E-state index is 13.1. The first-order valence-corrected chi connectivity index (χ1v) is 11.0.